The average molecular weight is 261 g/mol. The lowest BCUT2D eigenvalue weighted by molar-refractivity contribution is 0.0161. The Morgan fingerprint density at radius 1 is 1.11 bits per heavy atom. The number of likely N-dealkylation sites (tertiary alicyclic amines) is 1. The van der Waals surface area contributed by atoms with Crippen LogP contribution < -0.4 is 0 Å². The van der Waals surface area contributed by atoms with E-state index in [0.29, 0.717) is 45.0 Å². The summed E-state index contributed by atoms with van der Waals surface area (Å²) >= 11 is 0. The molecule has 18 heavy (non-hydrogen) atoms. The minimum absolute atomic E-state index is 0.251. The van der Waals surface area contributed by atoms with Gasteiger partial charge in [0.1, 0.15) is 0 Å². The van der Waals surface area contributed by atoms with E-state index < -0.39 is 0 Å². The van der Waals surface area contributed by atoms with Gasteiger partial charge in [-0.15, -0.1) is 0 Å². The van der Waals surface area contributed by atoms with Gasteiger partial charge >= 0.3 is 0 Å². The third-order valence-electron chi connectivity index (χ3n) is 3.51. The van der Waals surface area contributed by atoms with Crippen molar-refractivity contribution >= 4 is 0 Å². The normalized spacial score (nSPS) is 24.8. The van der Waals surface area contributed by atoms with E-state index in [1.807, 2.05) is 0 Å². The molecular weight excluding hydrogens is 234 g/mol. The zero-order chi connectivity index (χ0) is 13.2. The highest BCUT2D eigenvalue weighted by atomic mass is 16.5. The van der Waals surface area contributed by atoms with Gasteiger partial charge in [-0.1, -0.05) is 6.92 Å². The van der Waals surface area contributed by atoms with Crippen molar-refractivity contribution in [2.75, 3.05) is 59.8 Å². The van der Waals surface area contributed by atoms with Gasteiger partial charge in [0.15, 0.2) is 0 Å². The highest BCUT2D eigenvalue weighted by Gasteiger charge is 2.29. The Kier molecular flexibility index (Phi) is 8.54. The SMILES string of the molecule is COCCOCCOCCN1CCC(C)C1CO. The topological polar surface area (TPSA) is 51.2 Å². The molecule has 1 N–H and O–H groups in total. The van der Waals surface area contributed by atoms with E-state index in [1.165, 1.54) is 6.42 Å². The van der Waals surface area contributed by atoms with Gasteiger partial charge in [0, 0.05) is 19.7 Å². The summed E-state index contributed by atoms with van der Waals surface area (Å²) in [6.45, 7) is 7.61. The van der Waals surface area contributed by atoms with Crippen LogP contribution >= 0.6 is 0 Å². The van der Waals surface area contributed by atoms with E-state index in [1.54, 1.807) is 7.11 Å². The van der Waals surface area contributed by atoms with Crippen molar-refractivity contribution in [2.24, 2.45) is 5.92 Å². The molecule has 1 saturated heterocycles. The molecule has 5 nitrogen and oxygen atoms in total. The number of aliphatic hydroxyl groups is 1. The van der Waals surface area contributed by atoms with Gasteiger partial charge in [-0.3, -0.25) is 4.90 Å². The Labute approximate surface area is 110 Å². The quantitative estimate of drug-likeness (QED) is 0.576. The van der Waals surface area contributed by atoms with Crippen LogP contribution in [0.1, 0.15) is 13.3 Å². The van der Waals surface area contributed by atoms with Crippen LogP contribution in [0, 0.1) is 5.92 Å². The molecule has 1 fully saturated rings. The van der Waals surface area contributed by atoms with Crippen molar-refractivity contribution in [3.05, 3.63) is 0 Å². The number of rotatable bonds is 10. The minimum Gasteiger partial charge on any atom is -0.395 e. The molecule has 1 rings (SSSR count). The summed E-state index contributed by atoms with van der Waals surface area (Å²) in [5, 5.41) is 9.32. The fraction of sp³-hybridized carbons (Fsp3) is 1.00. The van der Waals surface area contributed by atoms with Crippen LogP contribution in [0.15, 0.2) is 0 Å². The highest BCUT2D eigenvalue weighted by molar-refractivity contribution is 4.83. The molecule has 1 aliphatic heterocycles. The molecule has 2 atom stereocenters. The smallest absolute Gasteiger partial charge is 0.0701 e. The van der Waals surface area contributed by atoms with E-state index >= 15 is 0 Å². The van der Waals surface area contributed by atoms with Crippen molar-refractivity contribution < 1.29 is 19.3 Å². The molecule has 0 bridgehead atoms. The predicted octanol–water partition coefficient (Wildman–Crippen LogP) is 0.369. The third kappa shape index (κ3) is 5.63. The van der Waals surface area contributed by atoms with Crippen LogP contribution in [0.5, 0.6) is 0 Å². The van der Waals surface area contributed by atoms with Crippen LogP contribution in [0.4, 0.5) is 0 Å². The number of ether oxygens (including phenoxy) is 3. The summed E-state index contributed by atoms with van der Waals surface area (Å²) in [6, 6.07) is 0.312. The monoisotopic (exact) mass is 261 g/mol. The summed E-state index contributed by atoms with van der Waals surface area (Å²) < 4.78 is 15.7. The van der Waals surface area contributed by atoms with E-state index in [-0.39, 0.29) is 6.61 Å². The van der Waals surface area contributed by atoms with Crippen LogP contribution in [-0.2, 0) is 14.2 Å². The first-order valence-electron chi connectivity index (χ1n) is 6.79. The van der Waals surface area contributed by atoms with Crippen LogP contribution in [0.25, 0.3) is 0 Å². The van der Waals surface area contributed by atoms with E-state index in [0.717, 1.165) is 13.1 Å². The molecule has 0 aliphatic carbocycles. The molecule has 0 spiro atoms. The Morgan fingerprint density at radius 2 is 1.78 bits per heavy atom. The second-order valence-electron chi connectivity index (χ2n) is 4.77. The summed E-state index contributed by atoms with van der Waals surface area (Å²) in [6.07, 6.45) is 1.17. The molecule has 2 unspecified atom stereocenters. The molecule has 1 heterocycles. The molecule has 0 aromatic heterocycles. The molecule has 5 heteroatoms. The molecule has 1 aliphatic rings. The number of aliphatic hydroxyl groups excluding tert-OH is 1. The largest absolute Gasteiger partial charge is 0.395 e. The molecule has 108 valence electrons. The van der Waals surface area contributed by atoms with Gasteiger partial charge in [-0.25, -0.2) is 0 Å². The number of hydrogen-bond acceptors (Lipinski definition) is 5. The Morgan fingerprint density at radius 3 is 2.44 bits per heavy atom. The summed E-state index contributed by atoms with van der Waals surface area (Å²) in [7, 11) is 1.66. The molecular formula is C13H27NO4. The lowest BCUT2D eigenvalue weighted by Crippen LogP contribution is -2.37. The second kappa shape index (κ2) is 9.69. The number of hydrogen-bond donors (Lipinski definition) is 1. The second-order valence-corrected chi connectivity index (χ2v) is 4.77. The maximum absolute atomic E-state index is 9.32. The zero-order valence-corrected chi connectivity index (χ0v) is 11.6. The van der Waals surface area contributed by atoms with Crippen molar-refractivity contribution in [3.63, 3.8) is 0 Å². The minimum atomic E-state index is 0.251. The Hall–Kier alpha value is -0.200. The van der Waals surface area contributed by atoms with Crippen molar-refractivity contribution in [3.8, 4) is 0 Å². The summed E-state index contributed by atoms with van der Waals surface area (Å²) in [4.78, 5) is 2.32. The Balaban J connectivity index is 1.94. The first kappa shape index (κ1) is 15.9. The van der Waals surface area contributed by atoms with Crippen LogP contribution in [0.2, 0.25) is 0 Å². The maximum atomic E-state index is 9.32. The lowest BCUT2D eigenvalue weighted by atomic mass is 10.0. The number of methoxy groups -OCH3 is 1. The Bertz CT molecular complexity index is 203. The van der Waals surface area contributed by atoms with Gasteiger partial charge in [0.25, 0.3) is 0 Å². The first-order valence-corrected chi connectivity index (χ1v) is 6.79. The molecule has 0 aromatic rings. The van der Waals surface area contributed by atoms with E-state index in [9.17, 15) is 5.11 Å². The van der Waals surface area contributed by atoms with Crippen molar-refractivity contribution in [2.45, 2.75) is 19.4 Å². The van der Waals surface area contributed by atoms with Gasteiger partial charge in [-0.05, 0) is 18.9 Å². The standard InChI is InChI=1S/C13H27NO4/c1-12-3-4-14(13(12)11-15)5-6-17-9-10-18-8-7-16-2/h12-13,15H,3-11H2,1-2H3. The van der Waals surface area contributed by atoms with Gasteiger partial charge in [0.05, 0.1) is 39.6 Å². The summed E-state index contributed by atoms with van der Waals surface area (Å²) in [5.74, 6) is 0.590. The van der Waals surface area contributed by atoms with Crippen molar-refractivity contribution in [1.29, 1.82) is 0 Å². The maximum Gasteiger partial charge on any atom is 0.0701 e. The fourth-order valence-corrected chi connectivity index (χ4v) is 2.31. The van der Waals surface area contributed by atoms with E-state index in [4.69, 9.17) is 14.2 Å². The molecule has 0 radical (unpaired) electrons. The molecule has 0 aromatic carbocycles. The first-order chi connectivity index (χ1) is 8.79. The lowest BCUT2D eigenvalue weighted by Gasteiger charge is -2.24. The zero-order valence-electron chi connectivity index (χ0n) is 11.6. The van der Waals surface area contributed by atoms with Gasteiger partial charge in [-0.2, -0.15) is 0 Å². The summed E-state index contributed by atoms with van der Waals surface area (Å²) in [5.41, 5.74) is 0. The van der Waals surface area contributed by atoms with Crippen LogP contribution in [0.3, 0.4) is 0 Å². The van der Waals surface area contributed by atoms with Crippen LogP contribution in [-0.4, -0.2) is 75.9 Å². The fourth-order valence-electron chi connectivity index (χ4n) is 2.31. The van der Waals surface area contributed by atoms with Gasteiger partial charge < -0.3 is 19.3 Å². The average Bonchev–Trinajstić information content (AvgIpc) is 2.73. The predicted molar refractivity (Wildman–Crippen MR) is 69.7 cm³/mol. The number of nitrogens with zero attached hydrogens (tertiary/aromatic N) is 1. The molecule has 0 amide bonds. The van der Waals surface area contributed by atoms with E-state index in [2.05, 4.69) is 11.8 Å². The molecule has 0 saturated carbocycles. The van der Waals surface area contributed by atoms with Crippen molar-refractivity contribution in [1.82, 2.24) is 4.90 Å². The van der Waals surface area contributed by atoms with Gasteiger partial charge in [0.2, 0.25) is 0 Å². The highest BCUT2D eigenvalue weighted by Crippen LogP contribution is 2.22. The third-order valence-corrected chi connectivity index (χ3v) is 3.51.